The number of benzene rings is 1. The summed E-state index contributed by atoms with van der Waals surface area (Å²) in [5.74, 6) is 0. The summed E-state index contributed by atoms with van der Waals surface area (Å²) >= 11 is 0. The van der Waals surface area contributed by atoms with Gasteiger partial charge in [-0.1, -0.05) is 6.07 Å². The smallest absolute Gasteiger partial charge is 0.115 e. The minimum Gasteiger partial charge on any atom is -0.294 e. The second-order valence-electron chi connectivity index (χ2n) is 5.79. The van der Waals surface area contributed by atoms with E-state index in [1.54, 1.807) is 18.7 Å². The molecule has 0 saturated carbocycles. The summed E-state index contributed by atoms with van der Waals surface area (Å²) in [4.78, 5) is 10.6. The molecule has 0 unspecified atom stereocenters. The molecule has 2 aromatic heterocycles. The molecule has 0 aliphatic rings. The quantitative estimate of drug-likeness (QED) is 0.726. The van der Waals surface area contributed by atoms with E-state index < -0.39 is 0 Å². The normalized spacial score (nSPS) is 12.5. The average Bonchev–Trinajstić information content (AvgIpc) is 3.11. The van der Waals surface area contributed by atoms with Gasteiger partial charge in [0.1, 0.15) is 6.33 Å². The molecule has 118 valence electrons. The average molecular weight is 307 g/mol. The van der Waals surface area contributed by atoms with Gasteiger partial charge in [0, 0.05) is 31.2 Å². The molecule has 0 radical (unpaired) electrons. The third-order valence-corrected chi connectivity index (χ3v) is 4.21. The van der Waals surface area contributed by atoms with E-state index in [1.807, 2.05) is 23.0 Å². The topological polar surface area (TPSA) is 46.8 Å². The van der Waals surface area contributed by atoms with Crippen LogP contribution in [0.4, 0.5) is 0 Å². The van der Waals surface area contributed by atoms with Gasteiger partial charge in [0.2, 0.25) is 0 Å². The van der Waals surface area contributed by atoms with Gasteiger partial charge in [0.25, 0.3) is 0 Å². The van der Waals surface area contributed by atoms with Gasteiger partial charge >= 0.3 is 0 Å². The molecule has 23 heavy (non-hydrogen) atoms. The zero-order chi connectivity index (χ0) is 16.2. The van der Waals surface area contributed by atoms with Crippen molar-refractivity contribution in [2.45, 2.75) is 26.4 Å². The molecule has 0 bridgehead atoms. The van der Waals surface area contributed by atoms with Crippen molar-refractivity contribution in [1.29, 1.82) is 0 Å². The van der Waals surface area contributed by atoms with E-state index in [0.29, 0.717) is 0 Å². The summed E-state index contributed by atoms with van der Waals surface area (Å²) in [5, 5.41) is 4.28. The standard InChI is InChI=1S/C18H21N5/c1-14-11-17(23-10-4-8-21-23)6-5-16(14)12-22(3)15(2)18-7-9-19-13-20-18/h4-11,13,15H,12H2,1-3H3/t15-/m0/s1. The van der Waals surface area contributed by atoms with Crippen molar-refractivity contribution in [3.63, 3.8) is 0 Å². The van der Waals surface area contributed by atoms with Crippen molar-refractivity contribution in [2.75, 3.05) is 7.05 Å². The van der Waals surface area contributed by atoms with Crippen LogP contribution in [0, 0.1) is 6.92 Å². The summed E-state index contributed by atoms with van der Waals surface area (Å²) in [6.45, 7) is 5.18. The van der Waals surface area contributed by atoms with E-state index in [1.165, 1.54) is 11.1 Å². The summed E-state index contributed by atoms with van der Waals surface area (Å²) < 4.78 is 1.88. The Labute approximate surface area is 136 Å². The first-order chi connectivity index (χ1) is 11.1. The van der Waals surface area contributed by atoms with Crippen molar-refractivity contribution in [3.8, 4) is 5.69 Å². The summed E-state index contributed by atoms with van der Waals surface area (Å²) in [7, 11) is 2.12. The first-order valence-electron chi connectivity index (χ1n) is 7.71. The SMILES string of the molecule is Cc1cc(-n2cccn2)ccc1CN(C)[C@@H](C)c1ccncn1. The van der Waals surface area contributed by atoms with Crippen LogP contribution in [0.25, 0.3) is 5.69 Å². The highest BCUT2D eigenvalue weighted by molar-refractivity contribution is 5.39. The second kappa shape index (κ2) is 6.71. The number of nitrogens with zero attached hydrogens (tertiary/aromatic N) is 5. The maximum Gasteiger partial charge on any atom is 0.115 e. The van der Waals surface area contributed by atoms with Gasteiger partial charge in [-0.05, 0) is 56.3 Å². The molecule has 5 heteroatoms. The Kier molecular flexibility index (Phi) is 4.48. The lowest BCUT2D eigenvalue weighted by Gasteiger charge is -2.25. The van der Waals surface area contributed by atoms with E-state index >= 15 is 0 Å². The van der Waals surface area contributed by atoms with Crippen LogP contribution in [-0.4, -0.2) is 31.7 Å². The third-order valence-electron chi connectivity index (χ3n) is 4.21. The Hall–Kier alpha value is -2.53. The van der Waals surface area contributed by atoms with Gasteiger partial charge in [-0.3, -0.25) is 4.90 Å². The maximum atomic E-state index is 4.35. The monoisotopic (exact) mass is 307 g/mol. The highest BCUT2D eigenvalue weighted by atomic mass is 15.3. The second-order valence-corrected chi connectivity index (χ2v) is 5.79. The molecule has 0 aliphatic heterocycles. The number of rotatable bonds is 5. The summed E-state index contributed by atoms with van der Waals surface area (Å²) in [5.41, 5.74) is 4.69. The number of aromatic nitrogens is 4. The maximum absolute atomic E-state index is 4.35. The molecular weight excluding hydrogens is 286 g/mol. The molecule has 1 atom stereocenters. The van der Waals surface area contributed by atoms with E-state index in [0.717, 1.165) is 17.9 Å². The minimum absolute atomic E-state index is 0.239. The van der Waals surface area contributed by atoms with Crippen LogP contribution in [0.2, 0.25) is 0 Å². The van der Waals surface area contributed by atoms with E-state index in [9.17, 15) is 0 Å². The van der Waals surface area contributed by atoms with E-state index in [2.05, 4.69) is 59.1 Å². The Bertz CT molecular complexity index is 752. The Morgan fingerprint density at radius 3 is 2.74 bits per heavy atom. The van der Waals surface area contributed by atoms with Gasteiger partial charge in [0.15, 0.2) is 0 Å². The number of hydrogen-bond acceptors (Lipinski definition) is 4. The van der Waals surface area contributed by atoms with Gasteiger partial charge in [-0.25, -0.2) is 14.6 Å². The van der Waals surface area contributed by atoms with Crippen LogP contribution >= 0.6 is 0 Å². The van der Waals surface area contributed by atoms with E-state index in [4.69, 9.17) is 0 Å². The molecule has 5 nitrogen and oxygen atoms in total. The lowest BCUT2D eigenvalue weighted by molar-refractivity contribution is 0.248. The zero-order valence-corrected chi connectivity index (χ0v) is 13.7. The molecule has 0 amide bonds. The van der Waals surface area contributed by atoms with Crippen LogP contribution in [0.5, 0.6) is 0 Å². The highest BCUT2D eigenvalue weighted by Crippen LogP contribution is 2.21. The molecule has 0 N–H and O–H groups in total. The minimum atomic E-state index is 0.239. The molecular formula is C18H21N5. The van der Waals surface area contributed by atoms with Crippen LogP contribution in [0.3, 0.4) is 0 Å². The summed E-state index contributed by atoms with van der Waals surface area (Å²) in [6, 6.07) is 10.6. The fourth-order valence-corrected chi connectivity index (χ4v) is 2.60. The van der Waals surface area contributed by atoms with Crippen molar-refractivity contribution in [1.82, 2.24) is 24.6 Å². The van der Waals surface area contributed by atoms with Crippen molar-refractivity contribution >= 4 is 0 Å². The number of hydrogen-bond donors (Lipinski definition) is 0. The Balaban J connectivity index is 1.75. The zero-order valence-electron chi connectivity index (χ0n) is 13.7. The molecule has 2 heterocycles. The summed E-state index contributed by atoms with van der Waals surface area (Å²) in [6.07, 6.45) is 7.14. The molecule has 3 aromatic rings. The van der Waals surface area contributed by atoms with Crippen LogP contribution in [0.1, 0.15) is 29.8 Å². The molecule has 0 fully saturated rings. The van der Waals surface area contributed by atoms with Crippen LogP contribution < -0.4 is 0 Å². The van der Waals surface area contributed by atoms with Gasteiger partial charge in [-0.2, -0.15) is 5.10 Å². The molecule has 0 aliphatic carbocycles. The van der Waals surface area contributed by atoms with E-state index in [-0.39, 0.29) is 6.04 Å². The van der Waals surface area contributed by atoms with Crippen molar-refractivity contribution in [2.24, 2.45) is 0 Å². The predicted octanol–water partition coefficient (Wildman–Crippen LogP) is 3.16. The van der Waals surface area contributed by atoms with Crippen molar-refractivity contribution in [3.05, 3.63) is 72.1 Å². The largest absolute Gasteiger partial charge is 0.294 e. The highest BCUT2D eigenvalue weighted by Gasteiger charge is 2.14. The molecule has 3 rings (SSSR count). The lowest BCUT2D eigenvalue weighted by Crippen LogP contribution is -2.23. The Morgan fingerprint density at radius 1 is 1.22 bits per heavy atom. The first kappa shape index (κ1) is 15.4. The van der Waals surface area contributed by atoms with Crippen LogP contribution in [0.15, 0.2) is 55.2 Å². The molecule has 1 aromatic carbocycles. The third kappa shape index (κ3) is 3.46. The number of aryl methyl sites for hydroxylation is 1. The molecule has 0 saturated heterocycles. The van der Waals surface area contributed by atoms with Crippen LogP contribution in [-0.2, 0) is 6.54 Å². The Morgan fingerprint density at radius 2 is 2.09 bits per heavy atom. The lowest BCUT2D eigenvalue weighted by atomic mass is 10.1. The fourth-order valence-electron chi connectivity index (χ4n) is 2.60. The van der Waals surface area contributed by atoms with Gasteiger partial charge in [0.05, 0.1) is 11.4 Å². The first-order valence-corrected chi connectivity index (χ1v) is 7.71. The predicted molar refractivity (Wildman–Crippen MR) is 90.2 cm³/mol. The van der Waals surface area contributed by atoms with Gasteiger partial charge < -0.3 is 0 Å². The van der Waals surface area contributed by atoms with Crippen molar-refractivity contribution < 1.29 is 0 Å². The van der Waals surface area contributed by atoms with Gasteiger partial charge in [-0.15, -0.1) is 0 Å². The fraction of sp³-hybridized carbons (Fsp3) is 0.278. The molecule has 0 spiro atoms.